The first-order chi connectivity index (χ1) is 12.2. The van der Waals surface area contributed by atoms with E-state index in [9.17, 15) is 4.79 Å². The summed E-state index contributed by atoms with van der Waals surface area (Å²) < 4.78 is 0. The van der Waals surface area contributed by atoms with E-state index < -0.39 is 0 Å². The predicted octanol–water partition coefficient (Wildman–Crippen LogP) is 6.04. The molecule has 0 radical (unpaired) electrons. The highest BCUT2D eigenvalue weighted by molar-refractivity contribution is 6.13. The van der Waals surface area contributed by atoms with Crippen LogP contribution in [0.15, 0.2) is 23.2 Å². The highest BCUT2D eigenvalue weighted by Crippen LogP contribution is 2.33. The van der Waals surface area contributed by atoms with E-state index >= 15 is 0 Å². The minimum absolute atomic E-state index is 0.110. The summed E-state index contributed by atoms with van der Waals surface area (Å²) in [4.78, 5) is 18.1. The number of benzene rings is 1. The minimum atomic E-state index is -0.116. The fraction of sp³-hybridized carbons (Fsp3) is 0.667. The van der Waals surface area contributed by atoms with Gasteiger partial charge in [0.25, 0.3) is 0 Å². The van der Waals surface area contributed by atoms with Crippen LogP contribution in [0.2, 0.25) is 0 Å². The highest BCUT2D eigenvalue weighted by atomic mass is 16.1. The molecule has 2 nitrogen and oxygen atoms in total. The Bertz CT molecular complexity index is 697. The summed E-state index contributed by atoms with van der Waals surface area (Å²) >= 11 is 0. The summed E-state index contributed by atoms with van der Waals surface area (Å²) in [5, 5.41) is 0. The van der Waals surface area contributed by atoms with E-state index in [1.165, 1.54) is 42.4 Å². The van der Waals surface area contributed by atoms with Gasteiger partial charge >= 0.3 is 0 Å². The second kappa shape index (κ2) is 7.29. The molecule has 1 aliphatic heterocycles. The number of nitrogens with zero attached hydrogens (tertiary/aromatic N) is 1. The quantitative estimate of drug-likeness (QED) is 0.609. The van der Waals surface area contributed by atoms with Gasteiger partial charge in [0.05, 0.1) is 11.3 Å². The van der Waals surface area contributed by atoms with Crippen LogP contribution in [0.3, 0.4) is 0 Å². The second-order valence-corrected chi connectivity index (χ2v) is 10.0. The lowest BCUT2D eigenvalue weighted by molar-refractivity contribution is -0.122. The summed E-state index contributed by atoms with van der Waals surface area (Å²) in [6, 6.07) is 6.82. The molecule has 0 saturated heterocycles. The third-order valence-corrected chi connectivity index (χ3v) is 6.00. The topological polar surface area (TPSA) is 29.4 Å². The molecular formula is C24H35NO. The molecule has 2 aliphatic rings. The van der Waals surface area contributed by atoms with Gasteiger partial charge < -0.3 is 0 Å². The van der Waals surface area contributed by atoms with Crippen molar-refractivity contribution < 1.29 is 4.79 Å². The summed E-state index contributed by atoms with van der Waals surface area (Å²) in [7, 11) is 0. The van der Waals surface area contributed by atoms with Crippen molar-refractivity contribution in [2.75, 3.05) is 0 Å². The van der Waals surface area contributed by atoms with Gasteiger partial charge in [0, 0.05) is 12.3 Å². The molecule has 2 heteroatoms. The van der Waals surface area contributed by atoms with Crippen molar-refractivity contribution in [3.63, 3.8) is 0 Å². The van der Waals surface area contributed by atoms with Crippen LogP contribution in [0.5, 0.6) is 0 Å². The molecular weight excluding hydrogens is 318 g/mol. The maximum atomic E-state index is 13.0. The number of carbonyl (C=O) groups is 1. The Morgan fingerprint density at radius 1 is 1.12 bits per heavy atom. The zero-order chi connectivity index (χ0) is 18.9. The SMILES string of the molecule is CC1(C)Cc2ccc(C(C)(C)C)cc2C(CC(=O)C2CCCCCC2)=N1. The van der Waals surface area contributed by atoms with Crippen molar-refractivity contribution in [3.05, 3.63) is 34.9 Å². The third-order valence-electron chi connectivity index (χ3n) is 6.00. The summed E-state index contributed by atoms with van der Waals surface area (Å²) in [6.45, 7) is 11.1. The first-order valence-electron chi connectivity index (χ1n) is 10.4. The molecule has 1 aromatic rings. The molecule has 1 saturated carbocycles. The molecule has 0 aromatic heterocycles. The Labute approximate surface area is 159 Å². The molecule has 0 atom stereocenters. The van der Waals surface area contributed by atoms with Crippen LogP contribution in [-0.4, -0.2) is 17.0 Å². The Hall–Kier alpha value is -1.44. The second-order valence-electron chi connectivity index (χ2n) is 10.0. The zero-order valence-corrected chi connectivity index (χ0v) is 17.3. The van der Waals surface area contributed by atoms with Crippen LogP contribution in [0.25, 0.3) is 0 Å². The lowest BCUT2D eigenvalue weighted by Gasteiger charge is -2.31. The standard InChI is InChI=1S/C24H35NO/c1-23(2,3)19-13-12-18-16-24(4,5)25-21(20(18)14-19)15-22(26)17-10-8-6-7-9-11-17/h12-14,17H,6-11,15-16H2,1-5H3. The van der Waals surface area contributed by atoms with Crippen LogP contribution in [-0.2, 0) is 16.6 Å². The van der Waals surface area contributed by atoms with Crippen LogP contribution in [0.1, 0.15) is 96.3 Å². The summed E-state index contributed by atoms with van der Waals surface area (Å²) in [6.07, 6.45) is 8.60. The number of aliphatic imine (C=N–C) groups is 1. The lowest BCUT2D eigenvalue weighted by Crippen LogP contribution is -2.31. The van der Waals surface area contributed by atoms with Gasteiger partial charge in [0.2, 0.25) is 0 Å². The van der Waals surface area contributed by atoms with Crippen molar-refractivity contribution in [1.29, 1.82) is 0 Å². The number of hydrogen-bond donors (Lipinski definition) is 0. The van der Waals surface area contributed by atoms with E-state index in [2.05, 4.69) is 52.8 Å². The van der Waals surface area contributed by atoms with Gasteiger partial charge in [-0.2, -0.15) is 0 Å². The van der Waals surface area contributed by atoms with E-state index in [1.54, 1.807) is 0 Å². The fourth-order valence-electron chi connectivity index (χ4n) is 4.44. The van der Waals surface area contributed by atoms with E-state index in [0.717, 1.165) is 25.0 Å². The van der Waals surface area contributed by atoms with Crippen molar-refractivity contribution in [2.45, 2.75) is 96.9 Å². The molecule has 1 aromatic carbocycles. The summed E-state index contributed by atoms with van der Waals surface area (Å²) in [5.41, 5.74) is 4.91. The van der Waals surface area contributed by atoms with Gasteiger partial charge in [0.15, 0.2) is 0 Å². The smallest absolute Gasteiger partial charge is 0.141 e. The molecule has 1 aliphatic carbocycles. The van der Waals surface area contributed by atoms with Crippen LogP contribution in [0.4, 0.5) is 0 Å². The number of fused-ring (bicyclic) bond motifs is 1. The Kier molecular flexibility index (Phi) is 5.42. The molecule has 1 heterocycles. The average Bonchev–Trinajstić information content (AvgIpc) is 2.81. The number of hydrogen-bond acceptors (Lipinski definition) is 2. The predicted molar refractivity (Wildman–Crippen MR) is 110 cm³/mol. The molecule has 3 rings (SSSR count). The molecule has 142 valence electrons. The third kappa shape index (κ3) is 4.45. The maximum Gasteiger partial charge on any atom is 0.141 e. The molecule has 0 amide bonds. The van der Waals surface area contributed by atoms with E-state index in [4.69, 9.17) is 4.99 Å². The largest absolute Gasteiger partial charge is 0.299 e. The fourth-order valence-corrected chi connectivity index (χ4v) is 4.44. The Morgan fingerprint density at radius 2 is 1.77 bits per heavy atom. The first kappa shape index (κ1) is 19.3. The first-order valence-corrected chi connectivity index (χ1v) is 10.4. The van der Waals surface area contributed by atoms with Crippen molar-refractivity contribution in [1.82, 2.24) is 0 Å². The van der Waals surface area contributed by atoms with Gasteiger partial charge in [-0.25, -0.2) is 0 Å². The molecule has 26 heavy (non-hydrogen) atoms. The minimum Gasteiger partial charge on any atom is -0.299 e. The van der Waals surface area contributed by atoms with E-state index in [0.29, 0.717) is 12.2 Å². The van der Waals surface area contributed by atoms with Crippen molar-refractivity contribution in [3.8, 4) is 0 Å². The van der Waals surface area contributed by atoms with E-state index in [-0.39, 0.29) is 16.9 Å². The number of ketones is 1. The van der Waals surface area contributed by atoms with E-state index in [1.807, 2.05) is 0 Å². The van der Waals surface area contributed by atoms with Crippen LogP contribution < -0.4 is 0 Å². The molecule has 0 bridgehead atoms. The molecule has 0 unspecified atom stereocenters. The maximum absolute atomic E-state index is 13.0. The molecule has 0 spiro atoms. The van der Waals surface area contributed by atoms with Gasteiger partial charge in [-0.1, -0.05) is 58.6 Å². The van der Waals surface area contributed by atoms with Crippen LogP contribution in [0, 0.1) is 5.92 Å². The van der Waals surface area contributed by atoms with Gasteiger partial charge in [0.1, 0.15) is 5.78 Å². The van der Waals surface area contributed by atoms with Crippen molar-refractivity contribution >= 4 is 11.5 Å². The lowest BCUT2D eigenvalue weighted by atomic mass is 9.79. The van der Waals surface area contributed by atoms with Gasteiger partial charge in [-0.05, 0) is 61.3 Å². The highest BCUT2D eigenvalue weighted by Gasteiger charge is 2.30. The zero-order valence-electron chi connectivity index (χ0n) is 17.3. The number of rotatable bonds is 3. The van der Waals surface area contributed by atoms with Gasteiger partial charge in [-0.15, -0.1) is 0 Å². The molecule has 0 N–H and O–H groups in total. The monoisotopic (exact) mass is 353 g/mol. The number of Topliss-reactive ketones (excluding diaryl/α,β-unsaturated/α-hetero) is 1. The van der Waals surface area contributed by atoms with Crippen molar-refractivity contribution in [2.24, 2.45) is 10.9 Å². The molecule has 1 fully saturated rings. The Morgan fingerprint density at radius 3 is 2.38 bits per heavy atom. The average molecular weight is 354 g/mol. The normalized spacial score (nSPS) is 20.9. The number of carbonyl (C=O) groups excluding carboxylic acids is 1. The Balaban J connectivity index is 1.90. The summed E-state index contributed by atoms with van der Waals surface area (Å²) in [5.74, 6) is 0.662. The van der Waals surface area contributed by atoms with Gasteiger partial charge in [-0.3, -0.25) is 9.79 Å². The van der Waals surface area contributed by atoms with Crippen LogP contribution >= 0.6 is 0 Å².